The van der Waals surface area contributed by atoms with Gasteiger partial charge in [-0.2, -0.15) is 11.8 Å². The van der Waals surface area contributed by atoms with Gasteiger partial charge in [-0.3, -0.25) is 4.79 Å². The van der Waals surface area contributed by atoms with E-state index in [0.29, 0.717) is 17.3 Å². The molecule has 1 aromatic heterocycles. The number of carbonyl (C=O) groups excluding carboxylic acids is 1. The predicted molar refractivity (Wildman–Crippen MR) is 89.9 cm³/mol. The summed E-state index contributed by atoms with van der Waals surface area (Å²) < 4.78 is 0. The first-order valence-corrected chi connectivity index (χ1v) is 9.42. The lowest BCUT2D eigenvalue weighted by molar-refractivity contribution is 0.0932. The molecule has 1 saturated carbocycles. The zero-order valence-electron chi connectivity index (χ0n) is 12.2. The highest BCUT2D eigenvalue weighted by Gasteiger charge is 2.23. The Morgan fingerprint density at radius 3 is 2.90 bits per heavy atom. The maximum atomic E-state index is 12.4. The summed E-state index contributed by atoms with van der Waals surface area (Å²) in [6.07, 6.45) is 7.09. The summed E-state index contributed by atoms with van der Waals surface area (Å²) in [6.45, 7) is 0.0529. The quantitative estimate of drug-likeness (QED) is 0.838. The molecule has 1 aromatic rings. The largest absolute Gasteiger partial charge is 0.395 e. The lowest BCUT2D eigenvalue weighted by Gasteiger charge is -2.27. The standard InChI is InChI=1S/C16H21NO2S2/c1-20-14-7-5-13(6-8-14)17-16(19)15-12(9-11-21-15)4-2-3-10-18/h9,11,13-14,18H,3,5-8,10H2,1H3,(H,17,19). The summed E-state index contributed by atoms with van der Waals surface area (Å²) in [5.41, 5.74) is 0.767. The monoisotopic (exact) mass is 323 g/mol. The van der Waals surface area contributed by atoms with Crippen LogP contribution in [0.4, 0.5) is 0 Å². The fourth-order valence-electron chi connectivity index (χ4n) is 2.49. The average Bonchev–Trinajstić information content (AvgIpc) is 2.97. The molecule has 0 atom stereocenters. The number of hydrogen-bond donors (Lipinski definition) is 2. The van der Waals surface area contributed by atoms with Crippen LogP contribution in [0.5, 0.6) is 0 Å². The van der Waals surface area contributed by atoms with Gasteiger partial charge in [0.25, 0.3) is 5.91 Å². The van der Waals surface area contributed by atoms with Gasteiger partial charge in [-0.1, -0.05) is 11.8 Å². The first kappa shape index (κ1) is 16.4. The van der Waals surface area contributed by atoms with Crippen molar-refractivity contribution in [3.05, 3.63) is 21.9 Å². The van der Waals surface area contributed by atoms with Crippen molar-refractivity contribution in [2.24, 2.45) is 0 Å². The number of hydrogen-bond acceptors (Lipinski definition) is 4. The van der Waals surface area contributed by atoms with Gasteiger partial charge in [0.05, 0.1) is 6.61 Å². The summed E-state index contributed by atoms with van der Waals surface area (Å²) in [4.78, 5) is 13.0. The van der Waals surface area contributed by atoms with Crippen molar-refractivity contribution in [1.82, 2.24) is 5.32 Å². The number of amides is 1. The summed E-state index contributed by atoms with van der Waals surface area (Å²) in [7, 11) is 0. The second-order valence-corrected chi connectivity index (χ2v) is 7.18. The smallest absolute Gasteiger partial charge is 0.262 e. The molecule has 1 fully saturated rings. The predicted octanol–water partition coefficient (Wildman–Crippen LogP) is 2.89. The molecule has 0 bridgehead atoms. The van der Waals surface area contributed by atoms with E-state index in [1.165, 1.54) is 24.2 Å². The number of nitrogens with one attached hydrogen (secondary N) is 1. The van der Waals surface area contributed by atoms with Crippen LogP contribution in [0, 0.1) is 11.8 Å². The molecule has 0 aliphatic heterocycles. The van der Waals surface area contributed by atoms with Crippen LogP contribution >= 0.6 is 23.1 Å². The summed E-state index contributed by atoms with van der Waals surface area (Å²) in [5.74, 6) is 5.83. The Hall–Kier alpha value is -0.960. The number of aliphatic hydroxyl groups is 1. The molecular formula is C16H21NO2S2. The molecule has 0 aromatic carbocycles. The van der Waals surface area contributed by atoms with Crippen molar-refractivity contribution >= 4 is 29.0 Å². The lowest BCUT2D eigenvalue weighted by atomic mass is 9.95. The molecule has 114 valence electrons. The van der Waals surface area contributed by atoms with Crippen molar-refractivity contribution in [2.75, 3.05) is 12.9 Å². The van der Waals surface area contributed by atoms with E-state index in [2.05, 4.69) is 23.4 Å². The summed E-state index contributed by atoms with van der Waals surface area (Å²) in [5, 5.41) is 14.5. The van der Waals surface area contributed by atoms with Gasteiger partial charge in [0.1, 0.15) is 4.88 Å². The van der Waals surface area contributed by atoms with Gasteiger partial charge >= 0.3 is 0 Å². The first-order chi connectivity index (χ1) is 10.2. The molecule has 0 radical (unpaired) electrons. The van der Waals surface area contributed by atoms with Crippen LogP contribution in [0.3, 0.4) is 0 Å². The molecule has 1 heterocycles. The number of aliphatic hydroxyl groups excluding tert-OH is 1. The van der Waals surface area contributed by atoms with Crippen LogP contribution in [-0.4, -0.2) is 35.2 Å². The molecule has 1 aliphatic carbocycles. The maximum Gasteiger partial charge on any atom is 0.262 e. The van der Waals surface area contributed by atoms with Crippen LogP contribution in [0.2, 0.25) is 0 Å². The number of thiophene rings is 1. The van der Waals surface area contributed by atoms with Crippen molar-refractivity contribution in [3.63, 3.8) is 0 Å². The van der Waals surface area contributed by atoms with E-state index in [0.717, 1.165) is 23.7 Å². The molecule has 1 aliphatic rings. The highest BCUT2D eigenvalue weighted by molar-refractivity contribution is 7.99. The van der Waals surface area contributed by atoms with Gasteiger partial charge < -0.3 is 10.4 Å². The van der Waals surface area contributed by atoms with E-state index >= 15 is 0 Å². The molecule has 0 saturated heterocycles. The summed E-state index contributed by atoms with van der Waals surface area (Å²) in [6, 6.07) is 2.16. The highest BCUT2D eigenvalue weighted by Crippen LogP contribution is 2.27. The Morgan fingerprint density at radius 2 is 2.24 bits per heavy atom. The molecule has 5 heteroatoms. The van der Waals surface area contributed by atoms with Crippen molar-refractivity contribution in [2.45, 2.75) is 43.4 Å². The molecule has 0 unspecified atom stereocenters. The van der Waals surface area contributed by atoms with E-state index in [1.54, 1.807) is 0 Å². The third-order valence-electron chi connectivity index (χ3n) is 3.67. The Morgan fingerprint density at radius 1 is 1.48 bits per heavy atom. The topological polar surface area (TPSA) is 49.3 Å². The lowest BCUT2D eigenvalue weighted by Crippen LogP contribution is -2.38. The Bertz CT molecular complexity index is 522. The minimum absolute atomic E-state index is 0.00843. The first-order valence-electron chi connectivity index (χ1n) is 7.25. The Kier molecular flexibility index (Phi) is 6.62. The van der Waals surface area contributed by atoms with E-state index in [4.69, 9.17) is 5.11 Å². The second-order valence-electron chi connectivity index (χ2n) is 5.12. The van der Waals surface area contributed by atoms with E-state index in [1.807, 2.05) is 23.2 Å². The molecular weight excluding hydrogens is 302 g/mol. The van der Waals surface area contributed by atoms with E-state index in [9.17, 15) is 4.79 Å². The van der Waals surface area contributed by atoms with Crippen molar-refractivity contribution in [1.29, 1.82) is 0 Å². The van der Waals surface area contributed by atoms with Gasteiger partial charge in [-0.05, 0) is 43.4 Å². The second kappa shape index (κ2) is 8.47. The molecule has 1 amide bonds. The Labute approximate surface area is 134 Å². The zero-order valence-corrected chi connectivity index (χ0v) is 13.9. The van der Waals surface area contributed by atoms with Gasteiger partial charge in [-0.25, -0.2) is 0 Å². The minimum Gasteiger partial charge on any atom is -0.395 e. The maximum absolute atomic E-state index is 12.4. The van der Waals surface area contributed by atoms with Crippen LogP contribution in [0.1, 0.15) is 47.3 Å². The van der Waals surface area contributed by atoms with Crippen LogP contribution in [-0.2, 0) is 0 Å². The molecule has 2 rings (SSSR count). The third kappa shape index (κ3) is 4.77. The van der Waals surface area contributed by atoms with E-state index < -0.39 is 0 Å². The van der Waals surface area contributed by atoms with Crippen LogP contribution < -0.4 is 5.32 Å². The van der Waals surface area contributed by atoms with Crippen molar-refractivity contribution < 1.29 is 9.90 Å². The average molecular weight is 323 g/mol. The van der Waals surface area contributed by atoms with Gasteiger partial charge in [-0.15, -0.1) is 11.3 Å². The normalized spacial score (nSPS) is 21.4. The molecule has 0 spiro atoms. The third-order valence-corrected chi connectivity index (χ3v) is 5.73. The number of thioether (sulfide) groups is 1. The number of rotatable bonds is 4. The summed E-state index contributed by atoms with van der Waals surface area (Å²) >= 11 is 3.36. The van der Waals surface area contributed by atoms with E-state index in [-0.39, 0.29) is 12.5 Å². The van der Waals surface area contributed by atoms with Crippen LogP contribution in [0.25, 0.3) is 0 Å². The highest BCUT2D eigenvalue weighted by atomic mass is 32.2. The van der Waals surface area contributed by atoms with Crippen molar-refractivity contribution in [3.8, 4) is 11.8 Å². The zero-order chi connectivity index (χ0) is 15.1. The minimum atomic E-state index is -0.00843. The SMILES string of the molecule is CSC1CCC(NC(=O)c2sccc2C#CCCO)CC1. The fraction of sp³-hybridized carbons (Fsp3) is 0.562. The fourth-order valence-corrected chi connectivity index (χ4v) is 3.99. The molecule has 21 heavy (non-hydrogen) atoms. The Balaban J connectivity index is 1.92. The van der Waals surface area contributed by atoms with Gasteiger partial charge in [0.2, 0.25) is 0 Å². The van der Waals surface area contributed by atoms with Gasteiger partial charge in [0, 0.05) is 23.3 Å². The number of carbonyl (C=O) groups is 1. The molecule has 2 N–H and O–H groups in total. The van der Waals surface area contributed by atoms with Crippen LogP contribution in [0.15, 0.2) is 11.4 Å². The van der Waals surface area contributed by atoms with Gasteiger partial charge in [0.15, 0.2) is 0 Å². The molecule has 3 nitrogen and oxygen atoms in total.